The number of thiophene rings is 1. The lowest BCUT2D eigenvalue weighted by molar-refractivity contribution is -0.121. The summed E-state index contributed by atoms with van der Waals surface area (Å²) in [6.45, 7) is 0. The molecule has 3 aromatic rings. The average molecular weight is 497 g/mol. The van der Waals surface area contributed by atoms with E-state index in [0.717, 1.165) is 28.3 Å². The molecule has 0 saturated carbocycles. The Morgan fingerprint density at radius 2 is 1.91 bits per heavy atom. The number of rotatable bonds is 5. The van der Waals surface area contributed by atoms with Crippen molar-refractivity contribution >= 4 is 51.5 Å². The summed E-state index contributed by atoms with van der Waals surface area (Å²) in [6.07, 6.45) is 0.514. The van der Waals surface area contributed by atoms with Crippen LogP contribution in [0.2, 0.25) is 0 Å². The average Bonchev–Trinajstić information content (AvgIpc) is 3.57. The minimum Gasteiger partial charge on any atom is -0.326 e. The maximum atomic E-state index is 13.4. The van der Waals surface area contributed by atoms with Gasteiger partial charge in [-0.2, -0.15) is 10.1 Å². The summed E-state index contributed by atoms with van der Waals surface area (Å²) in [5.41, 5.74) is 2.08. The summed E-state index contributed by atoms with van der Waals surface area (Å²) in [6, 6.07) is 16.8. The van der Waals surface area contributed by atoms with Gasteiger partial charge in [0, 0.05) is 24.6 Å². The molecule has 0 bridgehead atoms. The number of aliphatic imine (C=N–C) groups is 1. The predicted octanol–water partition coefficient (Wildman–Crippen LogP) is 5.20. The van der Waals surface area contributed by atoms with Crippen LogP contribution in [0.15, 0.2) is 76.1 Å². The van der Waals surface area contributed by atoms with E-state index in [9.17, 15) is 18.4 Å². The van der Waals surface area contributed by atoms with Crippen molar-refractivity contribution in [1.29, 1.82) is 0 Å². The monoisotopic (exact) mass is 496 g/mol. The Kier molecular flexibility index (Phi) is 6.25. The molecule has 0 radical (unpaired) electrons. The van der Waals surface area contributed by atoms with Gasteiger partial charge in [-0.05, 0) is 29.1 Å². The highest BCUT2D eigenvalue weighted by molar-refractivity contribution is 8.15. The summed E-state index contributed by atoms with van der Waals surface area (Å²) in [7, 11) is 0. The number of anilines is 1. The van der Waals surface area contributed by atoms with E-state index in [1.54, 1.807) is 16.3 Å². The molecule has 2 amide bonds. The first-order valence-electron chi connectivity index (χ1n) is 10.5. The summed E-state index contributed by atoms with van der Waals surface area (Å²) in [5, 5.41) is 10.8. The van der Waals surface area contributed by atoms with Gasteiger partial charge in [0.1, 0.15) is 5.25 Å². The van der Waals surface area contributed by atoms with E-state index in [2.05, 4.69) is 10.3 Å². The van der Waals surface area contributed by atoms with Crippen LogP contribution in [0.25, 0.3) is 0 Å². The molecule has 10 heteroatoms. The van der Waals surface area contributed by atoms with Crippen LogP contribution in [0.4, 0.5) is 14.5 Å². The number of nitrogens with zero attached hydrogens (tertiary/aromatic N) is 3. The van der Waals surface area contributed by atoms with Gasteiger partial charge in [0.05, 0.1) is 16.6 Å². The molecule has 172 valence electrons. The number of carbonyl (C=O) groups excluding carboxylic acids is 2. The number of hydrazone groups is 1. The molecule has 6 nitrogen and oxygen atoms in total. The van der Waals surface area contributed by atoms with E-state index < -0.39 is 28.7 Å². The second-order valence-corrected chi connectivity index (χ2v) is 9.84. The quantitative estimate of drug-likeness (QED) is 0.527. The fraction of sp³-hybridized carbons (Fsp3) is 0.167. The molecular formula is C24H18F2N4O2S2. The number of carbonyl (C=O) groups is 2. The molecule has 0 fully saturated rings. The van der Waals surface area contributed by atoms with Crippen LogP contribution in [0, 0.1) is 11.6 Å². The van der Waals surface area contributed by atoms with E-state index in [-0.39, 0.29) is 18.2 Å². The number of benzene rings is 2. The molecule has 1 N–H and O–H groups in total. The number of hydrogen-bond acceptors (Lipinski definition) is 6. The Morgan fingerprint density at radius 1 is 1.09 bits per heavy atom. The van der Waals surface area contributed by atoms with E-state index in [4.69, 9.17) is 5.10 Å². The van der Waals surface area contributed by atoms with Crippen molar-refractivity contribution in [3.63, 3.8) is 0 Å². The molecule has 5 rings (SSSR count). The zero-order valence-electron chi connectivity index (χ0n) is 17.7. The lowest BCUT2D eigenvalue weighted by Crippen LogP contribution is -2.25. The van der Waals surface area contributed by atoms with E-state index in [0.29, 0.717) is 11.6 Å². The molecule has 0 saturated heterocycles. The molecule has 0 aliphatic carbocycles. The minimum atomic E-state index is -1.06. The number of hydrogen-bond donors (Lipinski definition) is 1. The van der Waals surface area contributed by atoms with Gasteiger partial charge in [0.15, 0.2) is 16.8 Å². The summed E-state index contributed by atoms with van der Waals surface area (Å²) >= 11 is 2.79. The van der Waals surface area contributed by atoms with Crippen LogP contribution in [0.3, 0.4) is 0 Å². The molecule has 2 aliphatic heterocycles. The number of amides is 2. The topological polar surface area (TPSA) is 74.1 Å². The Morgan fingerprint density at radius 3 is 2.65 bits per heavy atom. The first-order chi connectivity index (χ1) is 16.5. The molecule has 0 unspecified atom stereocenters. The van der Waals surface area contributed by atoms with Crippen LogP contribution in [-0.4, -0.2) is 33.0 Å². The van der Waals surface area contributed by atoms with Crippen LogP contribution >= 0.6 is 23.1 Å². The van der Waals surface area contributed by atoms with Crippen LogP contribution < -0.4 is 5.32 Å². The summed E-state index contributed by atoms with van der Waals surface area (Å²) < 4.78 is 26.5. The zero-order chi connectivity index (χ0) is 23.7. The van der Waals surface area contributed by atoms with Gasteiger partial charge in [-0.1, -0.05) is 48.2 Å². The van der Waals surface area contributed by atoms with Crippen molar-refractivity contribution in [2.75, 3.05) is 5.32 Å². The first kappa shape index (κ1) is 22.4. The Hall–Kier alpha value is -3.37. The normalized spacial score (nSPS) is 19.8. The van der Waals surface area contributed by atoms with Gasteiger partial charge >= 0.3 is 0 Å². The van der Waals surface area contributed by atoms with Crippen molar-refractivity contribution < 1.29 is 18.4 Å². The fourth-order valence-electron chi connectivity index (χ4n) is 3.77. The largest absolute Gasteiger partial charge is 0.326 e. The van der Waals surface area contributed by atoms with Crippen molar-refractivity contribution in [2.24, 2.45) is 10.1 Å². The lowest BCUT2D eigenvalue weighted by Gasteiger charge is -2.23. The van der Waals surface area contributed by atoms with Gasteiger partial charge in [-0.15, -0.1) is 11.3 Å². The highest BCUT2D eigenvalue weighted by Crippen LogP contribution is 2.39. The maximum absolute atomic E-state index is 13.4. The molecular weight excluding hydrogens is 478 g/mol. The van der Waals surface area contributed by atoms with Crippen molar-refractivity contribution in [1.82, 2.24) is 5.01 Å². The molecule has 2 atom stereocenters. The Bertz CT molecular complexity index is 1300. The van der Waals surface area contributed by atoms with Crippen LogP contribution in [0.1, 0.15) is 29.3 Å². The van der Waals surface area contributed by atoms with E-state index in [1.165, 1.54) is 17.8 Å². The second kappa shape index (κ2) is 9.47. The second-order valence-electron chi connectivity index (χ2n) is 7.72. The fourth-order valence-corrected chi connectivity index (χ4v) is 5.55. The molecule has 0 spiro atoms. The van der Waals surface area contributed by atoms with Crippen molar-refractivity contribution in [2.45, 2.75) is 24.1 Å². The lowest BCUT2D eigenvalue weighted by atomic mass is 10.0. The van der Waals surface area contributed by atoms with E-state index in [1.807, 2.05) is 47.8 Å². The summed E-state index contributed by atoms with van der Waals surface area (Å²) in [4.78, 5) is 30.3. The molecule has 34 heavy (non-hydrogen) atoms. The number of thioether (sulfide) groups is 1. The van der Waals surface area contributed by atoms with E-state index >= 15 is 0 Å². The Balaban J connectivity index is 1.31. The standard InChI is InChI=1S/C24H18F2N4O2S2/c25-16-9-8-15(11-17(16)26)27-22(31)13-21-23(32)28-24(34-21)30-19(14-5-2-1-3-6-14)12-18(29-30)20-7-4-10-33-20/h1-11,19,21H,12-13H2,(H,27,31)/t19-,21+/m0/s1. The van der Waals surface area contributed by atoms with Gasteiger partial charge in [-0.25, -0.2) is 13.8 Å². The third-order valence-electron chi connectivity index (χ3n) is 5.40. The van der Waals surface area contributed by atoms with Crippen molar-refractivity contribution in [3.05, 3.63) is 88.1 Å². The number of halogens is 2. The predicted molar refractivity (Wildman–Crippen MR) is 130 cm³/mol. The van der Waals surface area contributed by atoms with Gasteiger partial charge < -0.3 is 5.32 Å². The first-order valence-corrected chi connectivity index (χ1v) is 12.2. The van der Waals surface area contributed by atoms with Crippen LogP contribution in [0.5, 0.6) is 0 Å². The smallest absolute Gasteiger partial charge is 0.262 e. The zero-order valence-corrected chi connectivity index (χ0v) is 19.3. The Labute approximate surface area is 202 Å². The highest BCUT2D eigenvalue weighted by Gasteiger charge is 2.39. The SMILES string of the molecule is O=C(C[C@H]1SC(N2N=C(c3cccs3)C[C@H]2c2ccccc2)=NC1=O)Nc1ccc(F)c(F)c1. The third-order valence-corrected chi connectivity index (χ3v) is 7.46. The van der Waals surface area contributed by atoms with Gasteiger partial charge in [0.25, 0.3) is 5.91 Å². The highest BCUT2D eigenvalue weighted by atomic mass is 32.2. The third kappa shape index (κ3) is 4.64. The van der Waals surface area contributed by atoms with Crippen LogP contribution in [-0.2, 0) is 9.59 Å². The number of nitrogens with one attached hydrogen (secondary N) is 1. The summed E-state index contributed by atoms with van der Waals surface area (Å²) in [5.74, 6) is -2.97. The van der Waals surface area contributed by atoms with Gasteiger partial charge in [0.2, 0.25) is 5.91 Å². The molecule has 1 aromatic heterocycles. The molecule has 2 aromatic carbocycles. The van der Waals surface area contributed by atoms with Crippen molar-refractivity contribution in [3.8, 4) is 0 Å². The number of amidine groups is 1. The minimum absolute atomic E-state index is 0.118. The van der Waals surface area contributed by atoms with Gasteiger partial charge in [-0.3, -0.25) is 9.59 Å². The molecule has 3 heterocycles. The molecule has 2 aliphatic rings. The maximum Gasteiger partial charge on any atom is 0.262 e.